The lowest BCUT2D eigenvalue weighted by Gasteiger charge is -2.25. The summed E-state index contributed by atoms with van der Waals surface area (Å²) < 4.78 is 0. The Kier molecular flexibility index (Phi) is 5.11. The van der Waals surface area contributed by atoms with Crippen molar-refractivity contribution in [1.29, 1.82) is 0 Å². The minimum atomic E-state index is -0.910. The van der Waals surface area contributed by atoms with Gasteiger partial charge in [0.25, 0.3) is 0 Å². The van der Waals surface area contributed by atoms with Crippen LogP contribution in [0.5, 0.6) is 0 Å². The SMILES string of the molecule is CN(Cc1cc(C=CC(=O)O)cs1)CC(C)(C)C. The van der Waals surface area contributed by atoms with Gasteiger partial charge in [0.2, 0.25) is 0 Å². The lowest BCUT2D eigenvalue weighted by molar-refractivity contribution is -0.131. The first-order chi connectivity index (χ1) is 8.26. The number of hydrogen-bond donors (Lipinski definition) is 1. The fourth-order valence-corrected chi connectivity index (χ4v) is 2.80. The highest BCUT2D eigenvalue weighted by Gasteiger charge is 2.13. The van der Waals surface area contributed by atoms with Gasteiger partial charge in [-0.05, 0) is 35.5 Å². The molecular formula is C14H21NO2S. The summed E-state index contributed by atoms with van der Waals surface area (Å²) in [6, 6.07) is 2.04. The molecule has 4 heteroatoms. The van der Waals surface area contributed by atoms with Crippen LogP contribution in [0.3, 0.4) is 0 Å². The summed E-state index contributed by atoms with van der Waals surface area (Å²) in [5.41, 5.74) is 1.25. The number of aliphatic carboxylic acids is 1. The highest BCUT2D eigenvalue weighted by atomic mass is 32.1. The fraction of sp³-hybridized carbons (Fsp3) is 0.500. The smallest absolute Gasteiger partial charge is 0.328 e. The van der Waals surface area contributed by atoms with Gasteiger partial charge < -0.3 is 10.0 Å². The molecule has 0 fully saturated rings. The number of hydrogen-bond acceptors (Lipinski definition) is 3. The first-order valence-corrected chi connectivity index (χ1v) is 6.81. The molecule has 18 heavy (non-hydrogen) atoms. The third kappa shape index (κ3) is 5.98. The Balaban J connectivity index is 2.56. The summed E-state index contributed by atoms with van der Waals surface area (Å²) >= 11 is 1.67. The van der Waals surface area contributed by atoms with Gasteiger partial charge >= 0.3 is 5.97 Å². The number of carboxylic acids is 1. The van der Waals surface area contributed by atoms with Crippen LogP contribution in [0.4, 0.5) is 0 Å². The topological polar surface area (TPSA) is 40.5 Å². The van der Waals surface area contributed by atoms with Crippen LogP contribution in [0.15, 0.2) is 17.5 Å². The van der Waals surface area contributed by atoms with Crippen molar-refractivity contribution in [2.24, 2.45) is 5.41 Å². The van der Waals surface area contributed by atoms with Crippen LogP contribution in [-0.2, 0) is 11.3 Å². The van der Waals surface area contributed by atoms with Crippen LogP contribution in [0, 0.1) is 5.41 Å². The summed E-state index contributed by atoms with van der Waals surface area (Å²) in [6.45, 7) is 8.60. The molecular weight excluding hydrogens is 246 g/mol. The zero-order valence-electron chi connectivity index (χ0n) is 11.4. The van der Waals surface area contributed by atoms with E-state index in [9.17, 15) is 4.79 Å². The second-order valence-corrected chi connectivity index (χ2v) is 6.75. The van der Waals surface area contributed by atoms with Crippen LogP contribution >= 0.6 is 11.3 Å². The van der Waals surface area contributed by atoms with E-state index in [1.165, 1.54) is 11.0 Å². The number of rotatable bonds is 5. The minimum absolute atomic E-state index is 0.290. The average Bonchev–Trinajstić information content (AvgIpc) is 2.59. The molecule has 3 nitrogen and oxygen atoms in total. The van der Waals surface area contributed by atoms with Crippen molar-refractivity contribution in [1.82, 2.24) is 4.90 Å². The van der Waals surface area contributed by atoms with E-state index in [1.807, 2.05) is 11.4 Å². The molecule has 0 spiro atoms. The molecule has 1 aromatic rings. The van der Waals surface area contributed by atoms with Crippen molar-refractivity contribution in [2.45, 2.75) is 27.3 Å². The number of nitrogens with zero attached hydrogens (tertiary/aromatic N) is 1. The Morgan fingerprint density at radius 1 is 1.50 bits per heavy atom. The van der Waals surface area contributed by atoms with Crippen LogP contribution < -0.4 is 0 Å². The molecule has 0 bridgehead atoms. The Labute approximate surface area is 113 Å². The van der Waals surface area contributed by atoms with E-state index >= 15 is 0 Å². The molecule has 1 rings (SSSR count). The Morgan fingerprint density at radius 2 is 2.17 bits per heavy atom. The maximum Gasteiger partial charge on any atom is 0.328 e. The lowest BCUT2D eigenvalue weighted by atomic mass is 9.96. The predicted molar refractivity (Wildman–Crippen MR) is 76.8 cm³/mol. The fourth-order valence-electron chi connectivity index (χ4n) is 1.87. The van der Waals surface area contributed by atoms with Crippen molar-refractivity contribution in [2.75, 3.05) is 13.6 Å². The van der Waals surface area contributed by atoms with E-state index < -0.39 is 5.97 Å². The number of carboxylic acid groups (broad SMARTS) is 1. The molecule has 1 N–H and O–H groups in total. The molecule has 0 saturated heterocycles. The van der Waals surface area contributed by atoms with Gasteiger partial charge in [0.05, 0.1) is 0 Å². The molecule has 0 atom stereocenters. The van der Waals surface area contributed by atoms with E-state index in [0.29, 0.717) is 0 Å². The first kappa shape index (κ1) is 14.9. The quantitative estimate of drug-likeness (QED) is 0.832. The second kappa shape index (κ2) is 6.16. The normalized spacial score (nSPS) is 12.5. The first-order valence-electron chi connectivity index (χ1n) is 5.93. The average molecular weight is 267 g/mol. The summed E-state index contributed by atoms with van der Waals surface area (Å²) in [5.74, 6) is -0.910. The van der Waals surface area contributed by atoms with Gasteiger partial charge in [0, 0.05) is 24.0 Å². The highest BCUT2D eigenvalue weighted by molar-refractivity contribution is 7.10. The van der Waals surface area contributed by atoms with E-state index in [-0.39, 0.29) is 5.41 Å². The largest absolute Gasteiger partial charge is 0.478 e. The third-order valence-corrected chi connectivity index (χ3v) is 3.20. The van der Waals surface area contributed by atoms with Gasteiger partial charge in [-0.3, -0.25) is 0 Å². The van der Waals surface area contributed by atoms with Crippen molar-refractivity contribution >= 4 is 23.4 Å². The van der Waals surface area contributed by atoms with Crippen molar-refractivity contribution in [3.8, 4) is 0 Å². The zero-order valence-corrected chi connectivity index (χ0v) is 12.3. The summed E-state index contributed by atoms with van der Waals surface area (Å²) in [6.07, 6.45) is 2.80. The number of thiophene rings is 1. The molecule has 0 unspecified atom stereocenters. The summed E-state index contributed by atoms with van der Waals surface area (Å²) in [4.78, 5) is 14.0. The van der Waals surface area contributed by atoms with E-state index in [0.717, 1.165) is 18.7 Å². The monoisotopic (exact) mass is 267 g/mol. The van der Waals surface area contributed by atoms with Crippen molar-refractivity contribution in [3.05, 3.63) is 28.0 Å². The van der Waals surface area contributed by atoms with E-state index in [2.05, 4.69) is 32.7 Å². The van der Waals surface area contributed by atoms with Crippen LogP contribution in [0.25, 0.3) is 6.08 Å². The molecule has 100 valence electrons. The maximum atomic E-state index is 10.4. The Bertz CT molecular complexity index is 429. The standard InChI is InChI=1S/C14H21NO2S/c1-14(2,3)10-15(4)8-12-7-11(9-18-12)5-6-13(16)17/h5-7,9H,8,10H2,1-4H3,(H,16,17). The molecule has 0 aliphatic carbocycles. The van der Waals surface area contributed by atoms with Gasteiger partial charge in [-0.2, -0.15) is 0 Å². The second-order valence-electron chi connectivity index (χ2n) is 5.75. The molecule has 0 radical (unpaired) electrons. The van der Waals surface area contributed by atoms with Gasteiger partial charge in [-0.15, -0.1) is 11.3 Å². The van der Waals surface area contributed by atoms with Gasteiger partial charge in [0.1, 0.15) is 0 Å². The zero-order chi connectivity index (χ0) is 13.8. The van der Waals surface area contributed by atoms with Gasteiger partial charge in [-0.25, -0.2) is 4.79 Å². The third-order valence-electron chi connectivity index (χ3n) is 2.26. The predicted octanol–water partition coefficient (Wildman–Crippen LogP) is 3.32. The van der Waals surface area contributed by atoms with E-state index in [1.54, 1.807) is 17.4 Å². The molecule has 0 aliphatic rings. The summed E-state index contributed by atoms with van der Waals surface area (Å²) in [7, 11) is 2.11. The van der Waals surface area contributed by atoms with E-state index in [4.69, 9.17) is 5.11 Å². The maximum absolute atomic E-state index is 10.4. The molecule has 0 amide bonds. The van der Waals surface area contributed by atoms with Crippen LogP contribution in [0.2, 0.25) is 0 Å². The molecule has 1 heterocycles. The van der Waals surface area contributed by atoms with Crippen LogP contribution in [0.1, 0.15) is 31.2 Å². The Morgan fingerprint density at radius 3 is 2.72 bits per heavy atom. The summed E-state index contributed by atoms with van der Waals surface area (Å²) in [5, 5.41) is 10.5. The molecule has 0 saturated carbocycles. The highest BCUT2D eigenvalue weighted by Crippen LogP contribution is 2.20. The Hall–Kier alpha value is -1.13. The molecule has 1 aromatic heterocycles. The molecule has 0 aromatic carbocycles. The van der Waals surface area contributed by atoms with Crippen molar-refractivity contribution in [3.63, 3.8) is 0 Å². The number of carbonyl (C=O) groups is 1. The van der Waals surface area contributed by atoms with Gasteiger partial charge in [0.15, 0.2) is 0 Å². The lowest BCUT2D eigenvalue weighted by Crippen LogP contribution is -2.28. The minimum Gasteiger partial charge on any atom is -0.478 e. The van der Waals surface area contributed by atoms with Crippen LogP contribution in [-0.4, -0.2) is 29.6 Å². The molecule has 0 aliphatic heterocycles. The van der Waals surface area contributed by atoms with Crippen molar-refractivity contribution < 1.29 is 9.90 Å². The van der Waals surface area contributed by atoms with Gasteiger partial charge in [-0.1, -0.05) is 20.8 Å².